The molecule has 0 unspecified atom stereocenters. The van der Waals surface area contributed by atoms with Crippen molar-refractivity contribution < 1.29 is 13.9 Å². The van der Waals surface area contributed by atoms with Crippen LogP contribution >= 0.6 is 27.3 Å². The first-order valence-electron chi connectivity index (χ1n) is 6.98. The molecule has 0 fully saturated rings. The second-order valence-electron chi connectivity index (χ2n) is 4.73. The summed E-state index contributed by atoms with van der Waals surface area (Å²) in [5, 5.41) is 3.32. The predicted octanol–water partition coefficient (Wildman–Crippen LogP) is 4.69. The maximum Gasteiger partial charge on any atom is 0.258 e. The van der Waals surface area contributed by atoms with Gasteiger partial charge in [0.1, 0.15) is 11.5 Å². The zero-order chi connectivity index (χ0) is 16.9. The number of furan rings is 1. The van der Waals surface area contributed by atoms with Crippen LogP contribution in [0.5, 0.6) is 5.75 Å². The van der Waals surface area contributed by atoms with E-state index in [1.54, 1.807) is 49.9 Å². The molecule has 2 heterocycles. The van der Waals surface area contributed by atoms with Crippen molar-refractivity contribution in [2.45, 2.75) is 0 Å². The Morgan fingerprint density at radius 3 is 2.71 bits per heavy atom. The number of amides is 1. The monoisotopic (exact) mass is 404 g/mol. The van der Waals surface area contributed by atoms with Crippen LogP contribution in [0, 0.1) is 0 Å². The fourth-order valence-corrected chi connectivity index (χ4v) is 3.14. The first kappa shape index (κ1) is 16.5. The van der Waals surface area contributed by atoms with E-state index in [9.17, 15) is 4.79 Å². The summed E-state index contributed by atoms with van der Waals surface area (Å²) in [6.07, 6.45) is 4.90. The third-order valence-corrected chi connectivity index (χ3v) is 4.56. The summed E-state index contributed by atoms with van der Waals surface area (Å²) in [5.74, 6) is 1.05. The fourth-order valence-electron chi connectivity index (χ4n) is 2.04. The van der Waals surface area contributed by atoms with Crippen LogP contribution in [-0.2, 0) is 4.79 Å². The Bertz CT molecular complexity index is 854. The topological polar surface area (TPSA) is 64.4 Å². The highest BCUT2D eigenvalue weighted by molar-refractivity contribution is 9.11. The van der Waals surface area contributed by atoms with E-state index < -0.39 is 0 Å². The molecule has 122 valence electrons. The van der Waals surface area contributed by atoms with E-state index in [4.69, 9.17) is 9.15 Å². The van der Waals surface area contributed by atoms with Crippen LogP contribution in [0.3, 0.4) is 0 Å². The minimum Gasteiger partial charge on any atom is -0.497 e. The van der Waals surface area contributed by atoms with Gasteiger partial charge in [-0.25, -0.2) is 4.98 Å². The van der Waals surface area contributed by atoms with Crippen molar-refractivity contribution in [3.05, 3.63) is 64.0 Å². The lowest BCUT2D eigenvalue weighted by atomic mass is 10.0. The van der Waals surface area contributed by atoms with Gasteiger partial charge in [0.15, 0.2) is 5.13 Å². The van der Waals surface area contributed by atoms with Crippen molar-refractivity contribution >= 4 is 50.0 Å². The van der Waals surface area contributed by atoms with Gasteiger partial charge >= 0.3 is 0 Å². The number of aromatic nitrogens is 1. The van der Waals surface area contributed by atoms with Gasteiger partial charge in [-0.05, 0) is 51.8 Å². The van der Waals surface area contributed by atoms with E-state index >= 15 is 0 Å². The standard InChI is InChI=1S/C17H13BrN2O3S/c1-22-12-6-4-11(5-7-12)14(9-13-3-2-8-23-13)16(21)20-17-19-10-15(18)24-17/h2-10H,1H3,(H,19,20,21). The fraction of sp³-hybridized carbons (Fsp3) is 0.0588. The molecule has 0 saturated carbocycles. The SMILES string of the molecule is COc1ccc(C(=Cc2ccco2)C(=O)Nc2ncc(Br)s2)cc1. The number of benzene rings is 1. The molecule has 0 spiro atoms. The number of nitrogens with zero attached hydrogens (tertiary/aromatic N) is 1. The summed E-state index contributed by atoms with van der Waals surface area (Å²) < 4.78 is 11.3. The number of nitrogens with one attached hydrogen (secondary N) is 1. The summed E-state index contributed by atoms with van der Waals surface area (Å²) in [4.78, 5) is 16.8. The van der Waals surface area contributed by atoms with E-state index in [1.165, 1.54) is 11.3 Å². The number of carbonyl (C=O) groups excluding carboxylic acids is 1. The maximum atomic E-state index is 12.7. The number of carbonyl (C=O) groups is 1. The molecule has 7 heteroatoms. The average Bonchev–Trinajstić information content (AvgIpc) is 3.24. The lowest BCUT2D eigenvalue weighted by Gasteiger charge is -2.08. The van der Waals surface area contributed by atoms with Gasteiger partial charge in [-0.15, -0.1) is 0 Å². The molecule has 0 atom stereocenters. The van der Waals surface area contributed by atoms with Gasteiger partial charge in [0.2, 0.25) is 0 Å². The van der Waals surface area contributed by atoms with Crippen LogP contribution < -0.4 is 10.1 Å². The van der Waals surface area contributed by atoms with E-state index in [1.807, 2.05) is 12.1 Å². The zero-order valence-corrected chi connectivity index (χ0v) is 15.1. The molecular weight excluding hydrogens is 392 g/mol. The number of ether oxygens (including phenoxy) is 1. The summed E-state index contributed by atoms with van der Waals surface area (Å²) in [6.45, 7) is 0. The van der Waals surface area contributed by atoms with Crippen LogP contribution in [-0.4, -0.2) is 18.0 Å². The number of methoxy groups -OCH3 is 1. The Labute approximate surface area is 151 Å². The average molecular weight is 405 g/mol. The maximum absolute atomic E-state index is 12.7. The summed E-state index contributed by atoms with van der Waals surface area (Å²) in [6, 6.07) is 10.8. The van der Waals surface area contributed by atoms with Gasteiger partial charge in [-0.2, -0.15) is 0 Å². The van der Waals surface area contributed by atoms with Crippen LogP contribution in [0.15, 0.2) is 57.1 Å². The Morgan fingerprint density at radius 2 is 2.12 bits per heavy atom. The van der Waals surface area contributed by atoms with Gasteiger partial charge < -0.3 is 9.15 Å². The van der Waals surface area contributed by atoms with E-state index in [2.05, 4.69) is 26.2 Å². The number of thiazole rings is 1. The van der Waals surface area contributed by atoms with Crippen LogP contribution in [0.4, 0.5) is 5.13 Å². The van der Waals surface area contributed by atoms with E-state index in [0.717, 1.165) is 15.1 Å². The molecule has 3 rings (SSSR count). The van der Waals surface area contributed by atoms with Crippen molar-refractivity contribution in [1.29, 1.82) is 0 Å². The number of rotatable bonds is 5. The highest BCUT2D eigenvalue weighted by Gasteiger charge is 2.15. The Morgan fingerprint density at radius 1 is 1.33 bits per heavy atom. The third kappa shape index (κ3) is 3.93. The molecule has 5 nitrogen and oxygen atoms in total. The molecule has 0 aliphatic rings. The molecule has 0 aliphatic heterocycles. The third-order valence-electron chi connectivity index (χ3n) is 3.17. The smallest absolute Gasteiger partial charge is 0.258 e. The van der Waals surface area contributed by atoms with Gasteiger partial charge in [-0.1, -0.05) is 23.5 Å². The normalized spacial score (nSPS) is 11.3. The van der Waals surface area contributed by atoms with Crippen molar-refractivity contribution in [3.8, 4) is 5.75 Å². The highest BCUT2D eigenvalue weighted by atomic mass is 79.9. The van der Waals surface area contributed by atoms with Crippen LogP contribution in [0.25, 0.3) is 11.6 Å². The molecule has 0 aliphatic carbocycles. The van der Waals surface area contributed by atoms with E-state index in [-0.39, 0.29) is 5.91 Å². The number of halogens is 1. The predicted molar refractivity (Wildman–Crippen MR) is 98.0 cm³/mol. The summed E-state index contributed by atoms with van der Waals surface area (Å²) in [5.41, 5.74) is 1.22. The Balaban J connectivity index is 1.93. The first-order valence-corrected chi connectivity index (χ1v) is 8.59. The van der Waals surface area contributed by atoms with Crippen molar-refractivity contribution in [2.75, 3.05) is 12.4 Å². The molecule has 1 N–H and O–H groups in total. The summed E-state index contributed by atoms with van der Waals surface area (Å²) >= 11 is 4.68. The number of anilines is 1. The second-order valence-corrected chi connectivity index (χ2v) is 7.14. The van der Waals surface area contributed by atoms with Crippen LogP contribution in [0.1, 0.15) is 11.3 Å². The molecular formula is C17H13BrN2O3S. The molecule has 1 aromatic carbocycles. The van der Waals surface area contributed by atoms with Crippen molar-refractivity contribution in [1.82, 2.24) is 4.98 Å². The quantitative estimate of drug-likeness (QED) is 0.626. The highest BCUT2D eigenvalue weighted by Crippen LogP contribution is 2.26. The lowest BCUT2D eigenvalue weighted by molar-refractivity contribution is -0.111. The number of hydrogen-bond acceptors (Lipinski definition) is 5. The van der Waals surface area contributed by atoms with Crippen molar-refractivity contribution in [3.63, 3.8) is 0 Å². The minimum absolute atomic E-state index is 0.265. The molecule has 0 bridgehead atoms. The lowest BCUT2D eigenvalue weighted by Crippen LogP contribution is -2.13. The Hall–Kier alpha value is -2.38. The van der Waals surface area contributed by atoms with Crippen LogP contribution in [0.2, 0.25) is 0 Å². The summed E-state index contributed by atoms with van der Waals surface area (Å²) in [7, 11) is 1.60. The molecule has 1 amide bonds. The van der Waals surface area contributed by atoms with E-state index in [0.29, 0.717) is 16.5 Å². The Kier molecular flexibility index (Phi) is 5.12. The van der Waals surface area contributed by atoms with Gasteiger partial charge in [0.05, 0.1) is 28.9 Å². The molecule has 0 saturated heterocycles. The number of hydrogen-bond donors (Lipinski definition) is 1. The van der Waals surface area contributed by atoms with Gasteiger partial charge in [-0.3, -0.25) is 10.1 Å². The largest absolute Gasteiger partial charge is 0.497 e. The first-order chi connectivity index (χ1) is 11.7. The molecule has 2 aromatic heterocycles. The molecule has 24 heavy (non-hydrogen) atoms. The zero-order valence-electron chi connectivity index (χ0n) is 12.7. The molecule has 3 aromatic rings. The second kappa shape index (κ2) is 7.46. The van der Waals surface area contributed by atoms with Gasteiger partial charge in [0, 0.05) is 0 Å². The van der Waals surface area contributed by atoms with Crippen molar-refractivity contribution in [2.24, 2.45) is 0 Å². The minimum atomic E-state index is -0.265. The molecule has 0 radical (unpaired) electrons. The van der Waals surface area contributed by atoms with Gasteiger partial charge in [0.25, 0.3) is 5.91 Å².